The quantitative estimate of drug-likeness (QED) is 0.683. The first-order chi connectivity index (χ1) is 13.8. The van der Waals surface area contributed by atoms with Crippen LogP contribution < -0.4 is 16.4 Å². The van der Waals surface area contributed by atoms with Crippen LogP contribution >= 0.6 is 0 Å². The van der Waals surface area contributed by atoms with Crippen molar-refractivity contribution < 1.29 is 18.4 Å². The molecule has 5 fully saturated rings. The highest BCUT2D eigenvalue weighted by Gasteiger charge is 2.59. The minimum Gasteiger partial charge on any atom is -0.382 e. The predicted molar refractivity (Wildman–Crippen MR) is 104 cm³/mol. The molecular weight excluding hydrogens is 376 g/mol. The molecule has 2 atom stereocenters. The van der Waals surface area contributed by atoms with Gasteiger partial charge in [0.15, 0.2) is 11.6 Å². The molecule has 4 N–H and O–H groups in total. The topological polar surface area (TPSA) is 84.2 Å². The number of nitrogens with two attached hydrogens (primary N) is 1. The fourth-order valence-electron chi connectivity index (χ4n) is 6.41. The summed E-state index contributed by atoms with van der Waals surface area (Å²) in [6.45, 7) is 0.287. The van der Waals surface area contributed by atoms with Gasteiger partial charge in [-0.3, -0.25) is 9.59 Å². The van der Waals surface area contributed by atoms with Gasteiger partial charge in [0.2, 0.25) is 11.8 Å². The number of primary amides is 1. The van der Waals surface area contributed by atoms with Gasteiger partial charge in [-0.1, -0.05) is 6.07 Å². The number of nitrogens with one attached hydrogen (secondary N) is 2. The van der Waals surface area contributed by atoms with Crippen LogP contribution in [0.1, 0.15) is 44.9 Å². The van der Waals surface area contributed by atoms with E-state index in [9.17, 15) is 18.4 Å². The zero-order valence-electron chi connectivity index (χ0n) is 16.3. The molecule has 5 aliphatic carbocycles. The van der Waals surface area contributed by atoms with Crippen molar-refractivity contribution >= 4 is 17.5 Å². The maximum atomic E-state index is 13.9. The molecule has 0 radical (unpaired) electrons. The Balaban J connectivity index is 1.25. The summed E-state index contributed by atoms with van der Waals surface area (Å²) in [7, 11) is 0. The second kappa shape index (κ2) is 6.41. The SMILES string of the molecule is NC(=O)C12CC3CC(C1)C(NC(=O)C1(CNc4cccc(F)c4F)CC1)C(C3)C2. The van der Waals surface area contributed by atoms with E-state index in [0.29, 0.717) is 17.8 Å². The molecule has 6 rings (SSSR count). The van der Waals surface area contributed by atoms with Crippen molar-refractivity contribution in [3.63, 3.8) is 0 Å². The van der Waals surface area contributed by atoms with Gasteiger partial charge >= 0.3 is 0 Å². The van der Waals surface area contributed by atoms with Crippen LogP contribution in [0.4, 0.5) is 14.5 Å². The van der Waals surface area contributed by atoms with Crippen molar-refractivity contribution in [2.24, 2.45) is 34.3 Å². The molecule has 0 aromatic heterocycles. The van der Waals surface area contributed by atoms with E-state index in [0.717, 1.165) is 51.0 Å². The van der Waals surface area contributed by atoms with Gasteiger partial charge in [-0.25, -0.2) is 8.78 Å². The number of carbonyl (C=O) groups is 2. The van der Waals surface area contributed by atoms with Crippen LogP contribution in [0.3, 0.4) is 0 Å². The predicted octanol–water partition coefficient (Wildman–Crippen LogP) is 2.95. The van der Waals surface area contributed by atoms with Gasteiger partial charge in [0.25, 0.3) is 0 Å². The standard InChI is InChI=1S/C22H27F2N3O2/c23-15-2-1-3-16(17(15)24)26-11-21(4-5-21)20(29)27-18-13-6-12-7-14(18)10-22(8-12,9-13)19(25)28/h1-3,12-14,18,26H,4-11H2,(H2,25,28)(H,27,29). The molecule has 2 unspecified atom stereocenters. The number of anilines is 1. The smallest absolute Gasteiger partial charge is 0.228 e. The van der Waals surface area contributed by atoms with Crippen LogP contribution in [0.25, 0.3) is 0 Å². The van der Waals surface area contributed by atoms with E-state index in [1.165, 1.54) is 12.1 Å². The molecule has 5 saturated carbocycles. The van der Waals surface area contributed by atoms with Gasteiger partial charge in [-0.15, -0.1) is 0 Å². The summed E-state index contributed by atoms with van der Waals surface area (Å²) in [4.78, 5) is 25.2. The zero-order valence-corrected chi connectivity index (χ0v) is 16.3. The zero-order chi connectivity index (χ0) is 20.4. The van der Waals surface area contributed by atoms with Crippen LogP contribution in [-0.4, -0.2) is 24.4 Å². The van der Waals surface area contributed by atoms with E-state index in [1.807, 2.05) is 0 Å². The van der Waals surface area contributed by atoms with Gasteiger partial charge in [0, 0.05) is 18.0 Å². The minimum absolute atomic E-state index is 0.00703. The highest BCUT2D eigenvalue weighted by Crippen LogP contribution is 2.60. The monoisotopic (exact) mass is 403 g/mol. The highest BCUT2D eigenvalue weighted by molar-refractivity contribution is 5.86. The summed E-state index contributed by atoms with van der Waals surface area (Å²) in [6.07, 6.45) is 6.03. The van der Waals surface area contributed by atoms with Gasteiger partial charge in [-0.2, -0.15) is 0 Å². The summed E-state index contributed by atoms with van der Waals surface area (Å²) in [5.41, 5.74) is 4.90. The normalized spacial score (nSPS) is 35.9. The van der Waals surface area contributed by atoms with Gasteiger partial charge < -0.3 is 16.4 Å². The van der Waals surface area contributed by atoms with Crippen LogP contribution in [0.5, 0.6) is 0 Å². The Morgan fingerprint density at radius 3 is 2.41 bits per heavy atom. The fraction of sp³-hybridized carbons (Fsp3) is 0.636. The Labute approximate surface area is 168 Å². The molecule has 0 spiro atoms. The van der Waals surface area contributed by atoms with Crippen LogP contribution in [-0.2, 0) is 9.59 Å². The van der Waals surface area contributed by atoms with Gasteiger partial charge in [0.1, 0.15) is 0 Å². The largest absolute Gasteiger partial charge is 0.382 e. The third kappa shape index (κ3) is 3.01. The lowest BCUT2D eigenvalue weighted by Gasteiger charge is -2.59. The first kappa shape index (κ1) is 18.8. The first-order valence-corrected chi connectivity index (χ1v) is 10.6. The molecule has 156 valence electrons. The Morgan fingerprint density at radius 2 is 1.79 bits per heavy atom. The highest BCUT2D eigenvalue weighted by atomic mass is 19.2. The lowest BCUT2D eigenvalue weighted by Crippen LogP contribution is -2.62. The molecule has 0 saturated heterocycles. The van der Waals surface area contributed by atoms with Gasteiger partial charge in [0.05, 0.1) is 11.1 Å². The molecule has 5 nitrogen and oxygen atoms in total. The molecule has 5 aliphatic rings. The number of rotatable bonds is 6. The van der Waals surface area contributed by atoms with Crippen molar-refractivity contribution in [3.8, 4) is 0 Å². The van der Waals surface area contributed by atoms with Crippen LogP contribution in [0.15, 0.2) is 18.2 Å². The van der Waals surface area contributed by atoms with E-state index in [2.05, 4.69) is 10.6 Å². The summed E-state index contributed by atoms with van der Waals surface area (Å²) < 4.78 is 27.3. The molecule has 4 bridgehead atoms. The molecule has 2 amide bonds. The average Bonchev–Trinajstić information content (AvgIpc) is 3.46. The summed E-state index contributed by atoms with van der Waals surface area (Å²) in [6, 6.07) is 4.09. The maximum absolute atomic E-state index is 13.9. The Hall–Kier alpha value is -2.18. The van der Waals surface area contributed by atoms with Gasteiger partial charge in [-0.05, 0) is 74.8 Å². The minimum atomic E-state index is -0.915. The van der Waals surface area contributed by atoms with Crippen LogP contribution in [0.2, 0.25) is 0 Å². The van der Waals surface area contributed by atoms with Crippen molar-refractivity contribution in [2.75, 3.05) is 11.9 Å². The van der Waals surface area contributed by atoms with Crippen molar-refractivity contribution in [1.29, 1.82) is 0 Å². The van der Waals surface area contributed by atoms with E-state index < -0.39 is 17.0 Å². The lowest BCUT2D eigenvalue weighted by molar-refractivity contribution is -0.148. The van der Waals surface area contributed by atoms with E-state index >= 15 is 0 Å². The van der Waals surface area contributed by atoms with Crippen LogP contribution in [0, 0.1) is 40.2 Å². The van der Waals surface area contributed by atoms with E-state index in [-0.39, 0.29) is 35.5 Å². The van der Waals surface area contributed by atoms with E-state index in [4.69, 9.17) is 5.73 Å². The Morgan fingerprint density at radius 1 is 1.10 bits per heavy atom. The number of hydrogen-bond acceptors (Lipinski definition) is 3. The molecule has 29 heavy (non-hydrogen) atoms. The summed E-state index contributed by atoms with van der Waals surface area (Å²) in [5, 5.41) is 6.21. The number of hydrogen-bond donors (Lipinski definition) is 3. The second-order valence-corrected chi connectivity index (χ2v) is 9.85. The average molecular weight is 403 g/mol. The summed E-state index contributed by atoms with van der Waals surface area (Å²) >= 11 is 0. The number of carbonyl (C=O) groups excluding carboxylic acids is 2. The summed E-state index contributed by atoms with van der Waals surface area (Å²) in [5.74, 6) is -0.846. The Kier molecular flexibility index (Phi) is 4.16. The maximum Gasteiger partial charge on any atom is 0.228 e. The fourth-order valence-corrected chi connectivity index (χ4v) is 6.41. The number of halogens is 2. The van der Waals surface area contributed by atoms with E-state index in [1.54, 1.807) is 0 Å². The second-order valence-electron chi connectivity index (χ2n) is 9.85. The first-order valence-electron chi connectivity index (χ1n) is 10.6. The van der Waals surface area contributed by atoms with Crippen molar-refractivity contribution in [3.05, 3.63) is 29.8 Å². The molecule has 1 aromatic rings. The third-order valence-corrected chi connectivity index (χ3v) is 8.00. The Bertz CT molecular complexity index is 854. The van der Waals surface area contributed by atoms with Crippen molar-refractivity contribution in [1.82, 2.24) is 5.32 Å². The molecule has 0 heterocycles. The van der Waals surface area contributed by atoms with Crippen molar-refractivity contribution in [2.45, 2.75) is 51.0 Å². The third-order valence-electron chi connectivity index (χ3n) is 8.00. The lowest BCUT2D eigenvalue weighted by atomic mass is 9.47. The number of amides is 2. The molecule has 1 aromatic carbocycles. The molecular formula is C22H27F2N3O2. The molecule has 0 aliphatic heterocycles. The number of benzene rings is 1. The molecule has 7 heteroatoms.